The molecule has 7 heteroatoms. The van der Waals surface area contributed by atoms with Gasteiger partial charge in [0.1, 0.15) is 5.75 Å². The molecule has 1 aromatic carbocycles. The molecule has 2 aromatic rings. The average Bonchev–Trinajstić information content (AvgIpc) is 3.09. The van der Waals surface area contributed by atoms with Gasteiger partial charge in [-0.15, -0.1) is 11.8 Å². The third-order valence-corrected chi connectivity index (χ3v) is 6.74. The molecule has 0 fully saturated rings. The Bertz CT molecular complexity index is 799. The Morgan fingerprint density at radius 1 is 1.26 bits per heavy atom. The first kappa shape index (κ1) is 21.7. The van der Waals surface area contributed by atoms with Crippen LogP contribution in [0.15, 0.2) is 23.1 Å². The van der Waals surface area contributed by atoms with Crippen molar-refractivity contribution in [1.29, 1.82) is 0 Å². The molecule has 1 atom stereocenters. The van der Waals surface area contributed by atoms with Gasteiger partial charge in [-0.25, -0.2) is 4.98 Å². The van der Waals surface area contributed by atoms with Crippen molar-refractivity contribution in [2.45, 2.75) is 58.3 Å². The van der Waals surface area contributed by atoms with E-state index in [1.54, 1.807) is 18.9 Å². The van der Waals surface area contributed by atoms with Crippen LogP contribution in [0.4, 0.5) is 5.13 Å². The zero-order chi connectivity index (χ0) is 20.2. The fourth-order valence-corrected chi connectivity index (χ4v) is 4.19. The number of carbonyl (C=O) groups is 1. The van der Waals surface area contributed by atoms with Gasteiger partial charge in [-0.3, -0.25) is 10.1 Å². The third-order valence-electron chi connectivity index (χ3n) is 5.23. The van der Waals surface area contributed by atoms with Crippen molar-refractivity contribution >= 4 is 34.3 Å². The van der Waals surface area contributed by atoms with E-state index in [1.807, 2.05) is 18.2 Å². The topological polar surface area (TPSA) is 64.1 Å². The Labute approximate surface area is 170 Å². The summed E-state index contributed by atoms with van der Waals surface area (Å²) >= 11 is 2.90. The van der Waals surface area contributed by atoms with Crippen LogP contribution >= 0.6 is 23.3 Å². The van der Waals surface area contributed by atoms with Gasteiger partial charge < -0.3 is 4.74 Å². The highest BCUT2D eigenvalue weighted by Crippen LogP contribution is 2.43. The molecule has 0 spiro atoms. The number of hydrogen-bond donors (Lipinski definition) is 1. The largest absolute Gasteiger partial charge is 0.496 e. The van der Waals surface area contributed by atoms with Crippen molar-refractivity contribution in [2.75, 3.05) is 18.2 Å². The smallest absolute Gasteiger partial charge is 0.261 e. The summed E-state index contributed by atoms with van der Waals surface area (Å²) in [5.41, 5.74) is 0.350. The van der Waals surface area contributed by atoms with E-state index < -0.39 is 0 Å². The molecule has 0 radical (unpaired) electrons. The molecular formula is C20H29N3O2S2. The zero-order valence-electron chi connectivity index (χ0n) is 17.2. The van der Waals surface area contributed by atoms with Gasteiger partial charge in [0.05, 0.1) is 12.7 Å². The van der Waals surface area contributed by atoms with E-state index in [4.69, 9.17) is 4.74 Å². The van der Waals surface area contributed by atoms with Crippen LogP contribution in [0, 0.1) is 5.41 Å². The molecule has 1 amide bonds. The van der Waals surface area contributed by atoms with E-state index in [1.165, 1.54) is 11.5 Å². The lowest BCUT2D eigenvalue weighted by Gasteiger charge is -2.39. The summed E-state index contributed by atoms with van der Waals surface area (Å²) in [7, 11) is 1.57. The molecule has 0 bridgehead atoms. The lowest BCUT2D eigenvalue weighted by atomic mass is 9.66. The van der Waals surface area contributed by atoms with Crippen LogP contribution in [0.3, 0.4) is 0 Å². The van der Waals surface area contributed by atoms with Gasteiger partial charge in [-0.2, -0.15) is 4.37 Å². The Kier molecular flexibility index (Phi) is 6.92. The molecule has 2 rings (SSSR count). The molecule has 5 nitrogen and oxygen atoms in total. The second-order valence-corrected chi connectivity index (χ2v) is 9.70. The Balaban J connectivity index is 2.27. The first-order valence-corrected chi connectivity index (χ1v) is 10.9. The van der Waals surface area contributed by atoms with Crippen LogP contribution in [-0.2, 0) is 5.41 Å². The average molecular weight is 408 g/mol. The summed E-state index contributed by atoms with van der Waals surface area (Å²) in [6, 6.07) is 5.64. The fourth-order valence-electron chi connectivity index (χ4n) is 2.81. The highest BCUT2D eigenvalue weighted by atomic mass is 32.2. The van der Waals surface area contributed by atoms with Crippen molar-refractivity contribution in [3.05, 3.63) is 29.6 Å². The number of nitrogens with zero attached hydrogens (tertiary/aromatic N) is 2. The maximum absolute atomic E-state index is 12.8. The summed E-state index contributed by atoms with van der Waals surface area (Å²) in [6.07, 6.45) is 0.921. The van der Waals surface area contributed by atoms with Gasteiger partial charge >= 0.3 is 0 Å². The molecule has 0 aliphatic carbocycles. The number of amides is 1. The zero-order valence-corrected chi connectivity index (χ0v) is 18.8. The maximum Gasteiger partial charge on any atom is 0.261 e. The molecule has 1 heterocycles. The Hall–Kier alpha value is -1.60. The number of anilines is 1. The van der Waals surface area contributed by atoms with Gasteiger partial charge in [0.25, 0.3) is 5.91 Å². The van der Waals surface area contributed by atoms with Crippen molar-refractivity contribution < 1.29 is 9.53 Å². The predicted octanol–water partition coefficient (Wildman–Crippen LogP) is 5.62. The van der Waals surface area contributed by atoms with Gasteiger partial charge in [0, 0.05) is 21.8 Å². The minimum absolute atomic E-state index is 0.0129. The second kappa shape index (κ2) is 8.61. The van der Waals surface area contributed by atoms with Gasteiger partial charge in [0.15, 0.2) is 5.82 Å². The second-order valence-electron chi connectivity index (χ2n) is 7.61. The highest BCUT2D eigenvalue weighted by Gasteiger charge is 2.40. The number of aromatic nitrogens is 2. The summed E-state index contributed by atoms with van der Waals surface area (Å²) in [4.78, 5) is 18.5. The van der Waals surface area contributed by atoms with Crippen molar-refractivity contribution in [3.8, 4) is 5.75 Å². The van der Waals surface area contributed by atoms with Crippen molar-refractivity contribution in [3.63, 3.8) is 0 Å². The molecule has 27 heavy (non-hydrogen) atoms. The minimum Gasteiger partial charge on any atom is -0.496 e. The number of ether oxygens (including phenoxy) is 1. The standard InChI is InChI=1S/C20H29N3O2S2/c1-8-20(6,19(3,4)5)17-22-18(27-23-17)21-16(24)14-12-13(26-9-2)10-11-15(14)25-7/h10-12H,8-9H2,1-7H3,(H,21,22,23,24). The fraction of sp³-hybridized carbons (Fsp3) is 0.550. The van der Waals surface area contributed by atoms with Crippen molar-refractivity contribution in [2.24, 2.45) is 5.41 Å². The molecular weight excluding hydrogens is 378 g/mol. The Morgan fingerprint density at radius 2 is 1.96 bits per heavy atom. The van der Waals surface area contributed by atoms with E-state index in [-0.39, 0.29) is 16.7 Å². The van der Waals surface area contributed by atoms with Crippen LogP contribution in [0.5, 0.6) is 5.75 Å². The number of rotatable bonds is 7. The van der Waals surface area contributed by atoms with Crippen LogP contribution < -0.4 is 10.1 Å². The SMILES string of the molecule is CCSc1ccc(OC)c(C(=O)Nc2nc(C(C)(CC)C(C)(C)C)ns2)c1. The maximum atomic E-state index is 12.8. The van der Waals surface area contributed by atoms with E-state index in [2.05, 4.69) is 56.2 Å². The summed E-state index contributed by atoms with van der Waals surface area (Å²) in [5, 5.41) is 3.40. The molecule has 0 saturated carbocycles. The minimum atomic E-state index is -0.234. The van der Waals surface area contributed by atoms with E-state index >= 15 is 0 Å². The summed E-state index contributed by atoms with van der Waals surface area (Å²) < 4.78 is 9.90. The number of carbonyl (C=O) groups excluding carboxylic acids is 1. The quantitative estimate of drug-likeness (QED) is 0.603. The first-order chi connectivity index (χ1) is 12.7. The molecule has 1 unspecified atom stereocenters. The summed E-state index contributed by atoms with van der Waals surface area (Å²) in [6.45, 7) is 13.0. The molecule has 1 N–H and O–H groups in total. The monoisotopic (exact) mass is 407 g/mol. The lowest BCUT2D eigenvalue weighted by molar-refractivity contribution is 0.102. The van der Waals surface area contributed by atoms with Gasteiger partial charge in [0.2, 0.25) is 5.13 Å². The third kappa shape index (κ3) is 4.63. The van der Waals surface area contributed by atoms with Crippen LogP contribution in [0.2, 0.25) is 0 Å². The number of thioether (sulfide) groups is 1. The molecule has 148 valence electrons. The molecule has 0 aliphatic heterocycles. The summed E-state index contributed by atoms with van der Waals surface area (Å²) in [5.74, 6) is 2.03. The number of nitrogens with one attached hydrogen (secondary N) is 1. The van der Waals surface area contributed by atoms with Gasteiger partial charge in [-0.05, 0) is 35.8 Å². The van der Waals surface area contributed by atoms with E-state index in [0.717, 1.165) is 22.9 Å². The predicted molar refractivity (Wildman–Crippen MR) is 114 cm³/mol. The van der Waals surface area contributed by atoms with Crippen LogP contribution in [0.25, 0.3) is 0 Å². The highest BCUT2D eigenvalue weighted by molar-refractivity contribution is 7.99. The normalized spacial score (nSPS) is 13.9. The lowest BCUT2D eigenvalue weighted by Crippen LogP contribution is -2.37. The molecule has 0 aliphatic rings. The van der Waals surface area contributed by atoms with Crippen LogP contribution in [-0.4, -0.2) is 28.1 Å². The molecule has 1 aromatic heterocycles. The number of hydrogen-bond acceptors (Lipinski definition) is 6. The van der Waals surface area contributed by atoms with Crippen molar-refractivity contribution in [1.82, 2.24) is 9.36 Å². The van der Waals surface area contributed by atoms with Crippen LogP contribution in [0.1, 0.15) is 64.1 Å². The molecule has 0 saturated heterocycles. The van der Waals surface area contributed by atoms with Gasteiger partial charge in [-0.1, -0.05) is 41.5 Å². The first-order valence-electron chi connectivity index (χ1n) is 9.12. The van der Waals surface area contributed by atoms with E-state index in [0.29, 0.717) is 16.4 Å². The number of benzene rings is 1. The Morgan fingerprint density at radius 3 is 2.52 bits per heavy atom. The number of methoxy groups -OCH3 is 1. The van der Waals surface area contributed by atoms with E-state index in [9.17, 15) is 4.79 Å².